The molecule has 0 aliphatic carbocycles. The van der Waals surface area contributed by atoms with Crippen molar-refractivity contribution in [3.8, 4) is 5.75 Å². The molecule has 1 aromatic rings. The van der Waals surface area contributed by atoms with Gasteiger partial charge in [0.2, 0.25) is 0 Å². The molecule has 0 saturated carbocycles. The maximum atomic E-state index is 8.63. The van der Waals surface area contributed by atoms with Gasteiger partial charge in [-0.1, -0.05) is 18.2 Å². The molecule has 0 atom stereocenters. The van der Waals surface area contributed by atoms with Crippen molar-refractivity contribution in [3.05, 3.63) is 30.3 Å². The summed E-state index contributed by atoms with van der Waals surface area (Å²) in [5, 5.41) is 8.63. The average molecular weight is 198 g/mol. The van der Waals surface area contributed by atoms with E-state index in [4.69, 9.17) is 5.11 Å². The van der Waals surface area contributed by atoms with Gasteiger partial charge >= 0.3 is 23.1 Å². The molecule has 9 heavy (non-hydrogen) atoms. The molecule has 0 bridgehead atoms. The Bertz CT molecular complexity index is 143. The summed E-state index contributed by atoms with van der Waals surface area (Å²) in [5.74, 6) is 0.322. The van der Waals surface area contributed by atoms with Crippen LogP contribution in [0, 0.1) is 0 Å². The SMILES string of the molecule is Oc1ccccc1.[Br-].[Mg+2]. The molecule has 1 nitrogen and oxygen atoms in total. The molecule has 0 saturated heterocycles. The molecule has 0 aliphatic heterocycles. The number of phenolic OH excluding ortho intramolecular Hbond substituents is 1. The van der Waals surface area contributed by atoms with Crippen molar-refractivity contribution >= 4 is 23.1 Å². The number of halogens is 1. The fraction of sp³-hybridized carbons (Fsp3) is 0. The smallest absolute Gasteiger partial charge is 1.00 e. The van der Waals surface area contributed by atoms with Crippen molar-refractivity contribution < 1.29 is 22.1 Å². The van der Waals surface area contributed by atoms with Crippen molar-refractivity contribution in [1.29, 1.82) is 0 Å². The number of para-hydroxylation sites is 1. The second-order valence-corrected chi connectivity index (χ2v) is 1.34. The third-order valence-corrected chi connectivity index (χ3v) is 0.756. The van der Waals surface area contributed by atoms with Gasteiger partial charge < -0.3 is 22.1 Å². The van der Waals surface area contributed by atoms with Crippen LogP contribution in [0.5, 0.6) is 5.75 Å². The Balaban J connectivity index is 0. The summed E-state index contributed by atoms with van der Waals surface area (Å²) in [6.45, 7) is 0. The van der Waals surface area contributed by atoms with Crippen LogP contribution in [0.25, 0.3) is 0 Å². The standard InChI is InChI=1S/C6H6O.BrH.Mg/c7-6-4-2-1-3-5-6;;/h1-5,7H;1H;/q;;+2/p-1. The molecule has 0 heterocycles. The van der Waals surface area contributed by atoms with Gasteiger partial charge in [0.1, 0.15) is 5.75 Å². The molecule has 0 spiro atoms. The zero-order valence-corrected chi connectivity index (χ0v) is 7.92. The van der Waals surface area contributed by atoms with Crippen LogP contribution in [-0.4, -0.2) is 28.2 Å². The number of hydrogen-bond acceptors (Lipinski definition) is 1. The topological polar surface area (TPSA) is 20.2 Å². The predicted molar refractivity (Wildman–Crippen MR) is 33.9 cm³/mol. The van der Waals surface area contributed by atoms with E-state index in [1.807, 2.05) is 6.07 Å². The normalized spacial score (nSPS) is 6.67. The third kappa shape index (κ3) is 4.75. The van der Waals surface area contributed by atoms with Crippen LogP contribution >= 0.6 is 0 Å². The van der Waals surface area contributed by atoms with Crippen LogP contribution in [0.4, 0.5) is 0 Å². The van der Waals surface area contributed by atoms with Gasteiger partial charge in [0.05, 0.1) is 0 Å². The van der Waals surface area contributed by atoms with Crippen molar-refractivity contribution in [1.82, 2.24) is 0 Å². The fourth-order valence-corrected chi connectivity index (χ4v) is 0.428. The molecule has 1 aromatic carbocycles. The summed E-state index contributed by atoms with van der Waals surface area (Å²) >= 11 is 0. The molecule has 0 radical (unpaired) electrons. The van der Waals surface area contributed by atoms with Crippen LogP contribution < -0.4 is 17.0 Å². The van der Waals surface area contributed by atoms with Gasteiger partial charge in [-0.25, -0.2) is 0 Å². The van der Waals surface area contributed by atoms with Gasteiger partial charge in [0.15, 0.2) is 0 Å². The van der Waals surface area contributed by atoms with E-state index in [0.29, 0.717) is 5.75 Å². The second kappa shape index (κ2) is 6.39. The van der Waals surface area contributed by atoms with Crippen LogP contribution in [-0.2, 0) is 0 Å². The monoisotopic (exact) mass is 197 g/mol. The first-order valence-corrected chi connectivity index (χ1v) is 2.13. The second-order valence-electron chi connectivity index (χ2n) is 1.34. The minimum absolute atomic E-state index is 0. The molecule has 1 N–H and O–H groups in total. The Hall–Kier alpha value is 0.266. The molecule has 1 rings (SSSR count). The summed E-state index contributed by atoms with van der Waals surface area (Å²) < 4.78 is 0. The maximum absolute atomic E-state index is 8.63. The number of aromatic hydroxyl groups is 1. The number of hydrogen-bond donors (Lipinski definition) is 1. The van der Waals surface area contributed by atoms with E-state index < -0.39 is 0 Å². The van der Waals surface area contributed by atoms with Crippen LogP contribution in [0.15, 0.2) is 30.3 Å². The first kappa shape index (κ1) is 12.0. The molecule has 0 amide bonds. The van der Waals surface area contributed by atoms with Gasteiger partial charge in [-0.3, -0.25) is 0 Å². The Morgan fingerprint density at radius 3 is 1.67 bits per heavy atom. The zero-order chi connectivity index (χ0) is 5.11. The van der Waals surface area contributed by atoms with E-state index in [2.05, 4.69) is 0 Å². The van der Waals surface area contributed by atoms with Gasteiger partial charge in [-0.2, -0.15) is 0 Å². The summed E-state index contributed by atoms with van der Waals surface area (Å²) in [7, 11) is 0. The quantitative estimate of drug-likeness (QED) is 0.479. The third-order valence-electron chi connectivity index (χ3n) is 0.756. The number of phenols is 1. The predicted octanol–water partition coefficient (Wildman–Crippen LogP) is -1.98. The van der Waals surface area contributed by atoms with Crippen LogP contribution in [0.2, 0.25) is 0 Å². The Labute approximate surface area is 81.0 Å². The minimum Gasteiger partial charge on any atom is -1.00 e. The molecular weight excluding hydrogens is 192 g/mol. The Morgan fingerprint density at radius 1 is 1.00 bits per heavy atom. The number of rotatable bonds is 0. The first-order valence-electron chi connectivity index (χ1n) is 2.13. The van der Waals surface area contributed by atoms with E-state index in [1.54, 1.807) is 24.3 Å². The molecule has 0 aliphatic rings. The zero-order valence-electron chi connectivity index (χ0n) is 4.92. The van der Waals surface area contributed by atoms with E-state index in [9.17, 15) is 0 Å². The van der Waals surface area contributed by atoms with Crippen molar-refractivity contribution in [2.24, 2.45) is 0 Å². The largest absolute Gasteiger partial charge is 2.00 e. The molecular formula is C6H6BrMgO+. The molecule has 0 fully saturated rings. The average Bonchev–Trinajstić information content (AvgIpc) is 1.69. The van der Waals surface area contributed by atoms with E-state index in [0.717, 1.165) is 0 Å². The van der Waals surface area contributed by atoms with E-state index in [-0.39, 0.29) is 40.0 Å². The molecule has 3 heteroatoms. The number of benzene rings is 1. The summed E-state index contributed by atoms with van der Waals surface area (Å²) in [6.07, 6.45) is 0. The van der Waals surface area contributed by atoms with Crippen molar-refractivity contribution in [2.75, 3.05) is 0 Å². The first-order chi connectivity index (χ1) is 3.39. The van der Waals surface area contributed by atoms with Gasteiger partial charge in [0.25, 0.3) is 0 Å². The maximum Gasteiger partial charge on any atom is 2.00 e. The van der Waals surface area contributed by atoms with E-state index >= 15 is 0 Å². The Morgan fingerprint density at radius 2 is 1.44 bits per heavy atom. The summed E-state index contributed by atoms with van der Waals surface area (Å²) in [4.78, 5) is 0. The van der Waals surface area contributed by atoms with E-state index in [1.165, 1.54) is 0 Å². The van der Waals surface area contributed by atoms with Crippen molar-refractivity contribution in [3.63, 3.8) is 0 Å². The van der Waals surface area contributed by atoms with Crippen molar-refractivity contribution in [2.45, 2.75) is 0 Å². The van der Waals surface area contributed by atoms with Crippen LogP contribution in [0.3, 0.4) is 0 Å². The van der Waals surface area contributed by atoms with Gasteiger partial charge in [-0.05, 0) is 12.1 Å². The fourth-order valence-electron chi connectivity index (χ4n) is 0.428. The van der Waals surface area contributed by atoms with Gasteiger partial charge in [0, 0.05) is 0 Å². The summed E-state index contributed by atoms with van der Waals surface area (Å²) in [5.41, 5.74) is 0. The molecule has 0 aromatic heterocycles. The Kier molecular flexibility index (Phi) is 8.51. The van der Waals surface area contributed by atoms with Crippen LogP contribution in [0.1, 0.15) is 0 Å². The molecule has 0 unspecified atom stereocenters. The minimum atomic E-state index is 0. The van der Waals surface area contributed by atoms with Gasteiger partial charge in [-0.15, -0.1) is 0 Å². The molecule has 44 valence electrons. The summed E-state index contributed by atoms with van der Waals surface area (Å²) in [6, 6.07) is 8.71.